The number of hydrogen-bond acceptors (Lipinski definition) is 4. The van der Waals surface area contributed by atoms with Gasteiger partial charge in [0.2, 0.25) is 5.91 Å². The van der Waals surface area contributed by atoms with Gasteiger partial charge < -0.3 is 15.2 Å². The Morgan fingerprint density at radius 3 is 2.22 bits per heavy atom. The van der Waals surface area contributed by atoms with Crippen molar-refractivity contribution in [2.75, 3.05) is 0 Å². The van der Waals surface area contributed by atoms with Crippen LogP contribution in [0.3, 0.4) is 0 Å². The number of carbonyl (C=O) groups excluding carboxylic acids is 2. The molecule has 0 saturated heterocycles. The van der Waals surface area contributed by atoms with Gasteiger partial charge in [-0.25, -0.2) is 4.79 Å². The number of hydrogen-bond donors (Lipinski definition) is 2. The highest BCUT2D eigenvalue weighted by Gasteiger charge is 2.20. The Kier molecular flexibility index (Phi) is 10.3. The molecule has 1 amide bonds. The van der Waals surface area contributed by atoms with Gasteiger partial charge in [0.25, 0.3) is 0 Å². The van der Waals surface area contributed by atoms with E-state index in [4.69, 9.17) is 9.84 Å². The predicted octanol–water partition coefficient (Wildman–Crippen LogP) is 3.04. The van der Waals surface area contributed by atoms with Gasteiger partial charge in [0, 0.05) is 12.8 Å². The normalized spacial score (nSPS) is 12.5. The molecule has 134 valence electrons. The third kappa shape index (κ3) is 12.6. The van der Waals surface area contributed by atoms with E-state index in [-0.39, 0.29) is 24.7 Å². The zero-order valence-corrected chi connectivity index (χ0v) is 14.8. The highest BCUT2D eigenvalue weighted by Crippen LogP contribution is 2.10. The molecular formula is C17H31NO5. The number of carboxylic acid groups (broad SMARTS) is 1. The smallest absolute Gasteiger partial charge is 0.326 e. The topological polar surface area (TPSA) is 92.7 Å². The highest BCUT2D eigenvalue weighted by atomic mass is 16.6. The first-order valence-electron chi connectivity index (χ1n) is 8.39. The lowest BCUT2D eigenvalue weighted by Crippen LogP contribution is -2.40. The Labute approximate surface area is 139 Å². The van der Waals surface area contributed by atoms with Gasteiger partial charge in [0.15, 0.2) is 0 Å². The summed E-state index contributed by atoms with van der Waals surface area (Å²) >= 11 is 0. The Morgan fingerprint density at radius 1 is 1.04 bits per heavy atom. The fraction of sp³-hybridized carbons (Fsp3) is 0.824. The van der Waals surface area contributed by atoms with Crippen LogP contribution in [-0.2, 0) is 19.1 Å². The van der Waals surface area contributed by atoms with E-state index in [1.54, 1.807) is 20.8 Å². The average molecular weight is 329 g/mol. The highest BCUT2D eigenvalue weighted by molar-refractivity contribution is 5.83. The molecule has 0 aliphatic heterocycles. The molecule has 2 N–H and O–H groups in total. The molecule has 6 nitrogen and oxygen atoms in total. The van der Waals surface area contributed by atoms with E-state index in [9.17, 15) is 14.4 Å². The van der Waals surface area contributed by atoms with Crippen LogP contribution in [0, 0.1) is 0 Å². The zero-order valence-electron chi connectivity index (χ0n) is 14.8. The fourth-order valence-corrected chi connectivity index (χ4v) is 2.08. The molecule has 0 heterocycles. The fourth-order valence-electron chi connectivity index (χ4n) is 2.08. The van der Waals surface area contributed by atoms with Crippen molar-refractivity contribution < 1.29 is 24.2 Å². The van der Waals surface area contributed by atoms with Crippen molar-refractivity contribution in [2.45, 2.75) is 90.7 Å². The summed E-state index contributed by atoms with van der Waals surface area (Å²) in [6.45, 7) is 7.44. The Balaban J connectivity index is 4.04. The maximum Gasteiger partial charge on any atom is 0.326 e. The summed E-state index contributed by atoms with van der Waals surface area (Å²) in [5.41, 5.74) is -0.535. The molecule has 0 rings (SSSR count). The van der Waals surface area contributed by atoms with Crippen molar-refractivity contribution in [3.05, 3.63) is 0 Å². The predicted molar refractivity (Wildman–Crippen MR) is 88.0 cm³/mol. The lowest BCUT2D eigenvalue weighted by molar-refractivity contribution is -0.155. The Hall–Kier alpha value is -1.59. The monoisotopic (exact) mass is 329 g/mol. The van der Waals surface area contributed by atoms with Gasteiger partial charge in [-0.15, -0.1) is 0 Å². The molecule has 0 saturated carbocycles. The quantitative estimate of drug-likeness (QED) is 0.449. The summed E-state index contributed by atoms with van der Waals surface area (Å²) in [7, 11) is 0. The van der Waals surface area contributed by atoms with Crippen molar-refractivity contribution in [1.29, 1.82) is 0 Å². The number of carboxylic acids is 1. The Bertz CT molecular complexity index is 387. The summed E-state index contributed by atoms with van der Waals surface area (Å²) in [6.07, 6.45) is 4.95. The van der Waals surface area contributed by atoms with Gasteiger partial charge in [-0.05, 0) is 33.6 Å². The number of aliphatic carboxylic acids is 1. The minimum Gasteiger partial charge on any atom is -0.480 e. The van der Waals surface area contributed by atoms with Crippen LogP contribution in [0.15, 0.2) is 0 Å². The number of unbranched alkanes of at least 4 members (excludes halogenated alkanes) is 3. The maximum absolute atomic E-state index is 11.8. The van der Waals surface area contributed by atoms with E-state index in [1.165, 1.54) is 0 Å². The van der Waals surface area contributed by atoms with Crippen LogP contribution in [0.4, 0.5) is 0 Å². The average Bonchev–Trinajstić information content (AvgIpc) is 2.39. The second kappa shape index (κ2) is 11.0. The number of rotatable bonds is 11. The van der Waals surface area contributed by atoms with E-state index >= 15 is 0 Å². The molecule has 0 aromatic carbocycles. The van der Waals surface area contributed by atoms with E-state index < -0.39 is 17.6 Å². The van der Waals surface area contributed by atoms with Gasteiger partial charge in [-0.2, -0.15) is 0 Å². The number of amides is 1. The lowest BCUT2D eigenvalue weighted by atomic mass is 10.1. The molecule has 0 spiro atoms. The first kappa shape index (κ1) is 21.4. The van der Waals surface area contributed by atoms with Crippen LogP contribution in [-0.4, -0.2) is 34.6 Å². The number of carbonyl (C=O) groups is 3. The van der Waals surface area contributed by atoms with Gasteiger partial charge in [0.1, 0.15) is 11.6 Å². The summed E-state index contributed by atoms with van der Waals surface area (Å²) in [5, 5.41) is 11.7. The second-order valence-electron chi connectivity index (χ2n) is 6.75. The third-order valence-electron chi connectivity index (χ3n) is 3.18. The minimum absolute atomic E-state index is 0.123. The van der Waals surface area contributed by atoms with E-state index in [0.29, 0.717) is 12.8 Å². The van der Waals surface area contributed by atoms with Gasteiger partial charge >= 0.3 is 11.9 Å². The lowest BCUT2D eigenvalue weighted by Gasteiger charge is -2.19. The number of nitrogens with one attached hydrogen (secondary N) is 1. The summed E-state index contributed by atoms with van der Waals surface area (Å²) in [4.78, 5) is 34.5. The maximum atomic E-state index is 11.8. The molecule has 0 aliphatic rings. The van der Waals surface area contributed by atoms with Crippen LogP contribution in [0.2, 0.25) is 0 Å². The van der Waals surface area contributed by atoms with E-state index in [1.807, 2.05) is 0 Å². The molecule has 0 aromatic rings. The largest absolute Gasteiger partial charge is 0.480 e. The van der Waals surface area contributed by atoms with Gasteiger partial charge in [-0.3, -0.25) is 9.59 Å². The molecule has 1 atom stereocenters. The van der Waals surface area contributed by atoms with Crippen molar-refractivity contribution in [1.82, 2.24) is 5.32 Å². The van der Waals surface area contributed by atoms with E-state index in [2.05, 4.69) is 12.2 Å². The molecule has 0 bridgehead atoms. The molecular weight excluding hydrogens is 298 g/mol. The molecule has 0 radical (unpaired) electrons. The zero-order chi connectivity index (χ0) is 17.9. The second-order valence-corrected chi connectivity index (χ2v) is 6.75. The van der Waals surface area contributed by atoms with E-state index in [0.717, 1.165) is 25.7 Å². The van der Waals surface area contributed by atoms with Gasteiger partial charge in [-0.1, -0.05) is 32.6 Å². The third-order valence-corrected chi connectivity index (χ3v) is 3.18. The van der Waals surface area contributed by atoms with Gasteiger partial charge in [0.05, 0.1) is 0 Å². The van der Waals surface area contributed by atoms with Crippen LogP contribution in [0.25, 0.3) is 0 Å². The van der Waals surface area contributed by atoms with Crippen molar-refractivity contribution in [2.24, 2.45) is 0 Å². The summed E-state index contributed by atoms with van der Waals surface area (Å²) in [6, 6.07) is -0.846. The minimum atomic E-state index is -1.01. The van der Waals surface area contributed by atoms with Crippen LogP contribution in [0.5, 0.6) is 0 Å². The summed E-state index contributed by atoms with van der Waals surface area (Å²) < 4.78 is 5.15. The standard InChI is InChI=1S/C17H31NO5/c1-5-6-7-8-10-13(16(21)22)18-14(19)11-9-12-15(20)23-17(2,3)4/h13H,5-12H2,1-4H3,(H,18,19)(H,21,22)/t13-/m0/s1. The number of esters is 1. The summed E-state index contributed by atoms with van der Waals surface area (Å²) in [5.74, 6) is -1.70. The molecule has 0 aliphatic carbocycles. The van der Waals surface area contributed by atoms with Crippen LogP contribution in [0.1, 0.15) is 79.1 Å². The van der Waals surface area contributed by atoms with Crippen molar-refractivity contribution in [3.63, 3.8) is 0 Å². The van der Waals surface area contributed by atoms with Crippen molar-refractivity contribution >= 4 is 17.8 Å². The Morgan fingerprint density at radius 2 is 1.70 bits per heavy atom. The SMILES string of the molecule is CCCCCC[C@H](NC(=O)CCCC(=O)OC(C)(C)C)C(=O)O. The van der Waals surface area contributed by atoms with Crippen LogP contribution >= 0.6 is 0 Å². The first-order valence-corrected chi connectivity index (χ1v) is 8.39. The molecule has 23 heavy (non-hydrogen) atoms. The van der Waals surface area contributed by atoms with Crippen LogP contribution < -0.4 is 5.32 Å². The number of ether oxygens (including phenoxy) is 1. The molecule has 6 heteroatoms. The molecule has 0 unspecified atom stereocenters. The van der Waals surface area contributed by atoms with Crippen molar-refractivity contribution in [3.8, 4) is 0 Å². The molecule has 0 fully saturated rings. The first-order chi connectivity index (χ1) is 10.7. The molecule has 0 aromatic heterocycles.